The normalized spacial score (nSPS) is 34.2. The van der Waals surface area contributed by atoms with Gasteiger partial charge in [-0.1, -0.05) is 20.8 Å². The predicted octanol–water partition coefficient (Wildman–Crippen LogP) is 2.43. The van der Waals surface area contributed by atoms with Crippen molar-refractivity contribution < 1.29 is 9.53 Å². The predicted molar refractivity (Wildman–Crippen MR) is 85.2 cm³/mol. The molecule has 2 atom stereocenters. The Kier molecular flexibility index (Phi) is 5.31. The van der Waals surface area contributed by atoms with Gasteiger partial charge in [-0.15, -0.1) is 0 Å². The van der Waals surface area contributed by atoms with Gasteiger partial charge in [0.05, 0.1) is 6.61 Å². The maximum atomic E-state index is 12.9. The van der Waals surface area contributed by atoms with E-state index in [-0.39, 0.29) is 5.97 Å². The molecule has 1 heterocycles. The molecular weight excluding hydrogens is 264 g/mol. The molecule has 0 aromatic carbocycles. The van der Waals surface area contributed by atoms with Crippen LogP contribution in [0.3, 0.4) is 0 Å². The van der Waals surface area contributed by atoms with Gasteiger partial charge in [0.1, 0.15) is 5.54 Å². The number of carbonyl (C=O) groups excluding carboxylic acids is 1. The molecular formula is C17H32N2O2. The van der Waals surface area contributed by atoms with Crippen molar-refractivity contribution in [1.29, 1.82) is 0 Å². The number of nitrogens with zero attached hydrogens (tertiary/aromatic N) is 1. The van der Waals surface area contributed by atoms with Gasteiger partial charge in [0.2, 0.25) is 0 Å². The molecule has 122 valence electrons. The molecule has 1 aliphatic carbocycles. The van der Waals surface area contributed by atoms with Crippen molar-refractivity contribution in [2.45, 2.75) is 58.9 Å². The van der Waals surface area contributed by atoms with Crippen molar-refractivity contribution in [2.75, 3.05) is 32.8 Å². The number of carbonyl (C=O) groups is 1. The largest absolute Gasteiger partial charge is 0.465 e. The van der Waals surface area contributed by atoms with Gasteiger partial charge in [-0.25, -0.2) is 0 Å². The van der Waals surface area contributed by atoms with Crippen molar-refractivity contribution in [3.8, 4) is 0 Å². The molecule has 21 heavy (non-hydrogen) atoms. The third kappa shape index (κ3) is 3.42. The second-order valence-electron chi connectivity index (χ2n) is 7.50. The summed E-state index contributed by atoms with van der Waals surface area (Å²) in [4.78, 5) is 15.3. The molecule has 1 saturated heterocycles. The molecule has 2 unspecified atom stereocenters. The van der Waals surface area contributed by atoms with Crippen molar-refractivity contribution in [3.63, 3.8) is 0 Å². The van der Waals surface area contributed by atoms with Crippen LogP contribution in [0.2, 0.25) is 0 Å². The Labute approximate surface area is 129 Å². The summed E-state index contributed by atoms with van der Waals surface area (Å²) in [6.07, 6.45) is 4.23. The van der Waals surface area contributed by atoms with Crippen LogP contribution in [0, 0.1) is 11.3 Å². The Morgan fingerprint density at radius 1 is 1.29 bits per heavy atom. The standard InChI is InChI=1S/C17H32N2O2/c1-5-21-15(20)17(19-11-6-9-18-10-12-19)8-7-16(3,4)13-14(17)2/h14,18H,5-13H2,1-4H3. The Bertz CT molecular complexity index is 362. The van der Waals surface area contributed by atoms with Crippen LogP contribution < -0.4 is 5.32 Å². The van der Waals surface area contributed by atoms with Crippen LogP contribution in [-0.4, -0.2) is 49.2 Å². The molecule has 0 aromatic heterocycles. The van der Waals surface area contributed by atoms with Gasteiger partial charge >= 0.3 is 5.97 Å². The number of hydrogen-bond acceptors (Lipinski definition) is 4. The Morgan fingerprint density at radius 3 is 2.71 bits per heavy atom. The lowest BCUT2D eigenvalue weighted by Crippen LogP contribution is -2.63. The molecule has 0 spiro atoms. The van der Waals surface area contributed by atoms with Gasteiger partial charge in [0.15, 0.2) is 0 Å². The van der Waals surface area contributed by atoms with Crippen molar-refractivity contribution >= 4 is 5.97 Å². The highest BCUT2D eigenvalue weighted by atomic mass is 16.5. The summed E-state index contributed by atoms with van der Waals surface area (Å²) in [6.45, 7) is 13.2. The van der Waals surface area contributed by atoms with E-state index in [0.717, 1.165) is 51.9 Å². The van der Waals surface area contributed by atoms with Crippen molar-refractivity contribution in [1.82, 2.24) is 10.2 Å². The van der Waals surface area contributed by atoms with Gasteiger partial charge in [-0.2, -0.15) is 0 Å². The zero-order valence-electron chi connectivity index (χ0n) is 14.2. The maximum Gasteiger partial charge on any atom is 0.326 e. The average molecular weight is 296 g/mol. The van der Waals surface area contributed by atoms with E-state index in [4.69, 9.17) is 4.74 Å². The van der Waals surface area contributed by atoms with Crippen LogP contribution in [0.4, 0.5) is 0 Å². The van der Waals surface area contributed by atoms with E-state index in [1.165, 1.54) is 0 Å². The molecule has 1 aliphatic heterocycles. The summed E-state index contributed by atoms with van der Waals surface area (Å²) in [5.74, 6) is 0.355. The maximum absolute atomic E-state index is 12.9. The lowest BCUT2D eigenvalue weighted by Gasteiger charge is -2.51. The quantitative estimate of drug-likeness (QED) is 0.812. The van der Waals surface area contributed by atoms with Crippen molar-refractivity contribution in [2.24, 2.45) is 11.3 Å². The van der Waals surface area contributed by atoms with Crippen LogP contribution in [0.15, 0.2) is 0 Å². The van der Waals surface area contributed by atoms with Gasteiger partial charge < -0.3 is 10.1 Å². The Morgan fingerprint density at radius 2 is 2.05 bits per heavy atom. The van der Waals surface area contributed by atoms with Crippen LogP contribution in [0.25, 0.3) is 0 Å². The highest BCUT2D eigenvalue weighted by Gasteiger charge is 2.53. The summed E-state index contributed by atoms with van der Waals surface area (Å²) in [6, 6.07) is 0. The molecule has 4 heteroatoms. The third-order valence-electron chi connectivity index (χ3n) is 5.39. The summed E-state index contributed by atoms with van der Waals surface area (Å²) in [5, 5.41) is 3.44. The fourth-order valence-corrected chi connectivity index (χ4v) is 4.28. The highest BCUT2D eigenvalue weighted by Crippen LogP contribution is 2.47. The summed E-state index contributed by atoms with van der Waals surface area (Å²) in [5.41, 5.74) is -0.0724. The first-order chi connectivity index (χ1) is 9.92. The minimum atomic E-state index is -0.405. The minimum Gasteiger partial charge on any atom is -0.465 e. The molecule has 0 amide bonds. The SMILES string of the molecule is CCOC(=O)C1(N2CCCNCC2)CCC(C)(C)CC1C. The molecule has 1 N–H and O–H groups in total. The van der Waals surface area contributed by atoms with Crippen LogP contribution in [-0.2, 0) is 9.53 Å². The van der Waals surface area contributed by atoms with E-state index < -0.39 is 5.54 Å². The second kappa shape index (κ2) is 6.66. The van der Waals surface area contributed by atoms with Gasteiger partial charge in [-0.05, 0) is 50.5 Å². The number of rotatable bonds is 3. The smallest absolute Gasteiger partial charge is 0.326 e. The Hall–Kier alpha value is -0.610. The molecule has 0 radical (unpaired) electrons. The monoisotopic (exact) mass is 296 g/mol. The highest BCUT2D eigenvalue weighted by molar-refractivity contribution is 5.81. The Balaban J connectivity index is 2.28. The number of ether oxygens (including phenoxy) is 1. The summed E-state index contributed by atoms with van der Waals surface area (Å²) >= 11 is 0. The molecule has 0 bridgehead atoms. The minimum absolute atomic E-state index is 0.00917. The van der Waals surface area contributed by atoms with E-state index in [2.05, 4.69) is 31.0 Å². The molecule has 2 aliphatic rings. The molecule has 2 rings (SSSR count). The zero-order chi connectivity index (χ0) is 15.5. The lowest BCUT2D eigenvalue weighted by molar-refractivity contribution is -0.167. The first-order valence-electron chi connectivity index (χ1n) is 8.55. The van der Waals surface area contributed by atoms with E-state index in [9.17, 15) is 4.79 Å². The average Bonchev–Trinajstić information content (AvgIpc) is 2.68. The lowest BCUT2D eigenvalue weighted by atomic mass is 9.63. The molecule has 1 saturated carbocycles. The topological polar surface area (TPSA) is 41.6 Å². The first kappa shape index (κ1) is 16.8. The van der Waals surface area contributed by atoms with E-state index in [0.29, 0.717) is 17.9 Å². The van der Waals surface area contributed by atoms with Gasteiger partial charge in [-0.3, -0.25) is 9.69 Å². The van der Waals surface area contributed by atoms with Gasteiger partial charge in [0, 0.05) is 19.6 Å². The van der Waals surface area contributed by atoms with Crippen LogP contribution in [0.5, 0.6) is 0 Å². The fourth-order valence-electron chi connectivity index (χ4n) is 4.28. The second-order valence-corrected chi connectivity index (χ2v) is 7.50. The third-order valence-corrected chi connectivity index (χ3v) is 5.39. The van der Waals surface area contributed by atoms with Crippen LogP contribution in [0.1, 0.15) is 53.4 Å². The van der Waals surface area contributed by atoms with E-state index >= 15 is 0 Å². The first-order valence-corrected chi connectivity index (χ1v) is 8.55. The van der Waals surface area contributed by atoms with E-state index in [1.807, 2.05) is 6.92 Å². The molecule has 4 nitrogen and oxygen atoms in total. The van der Waals surface area contributed by atoms with E-state index in [1.54, 1.807) is 0 Å². The van der Waals surface area contributed by atoms with Gasteiger partial charge in [0.25, 0.3) is 0 Å². The molecule has 0 aromatic rings. The summed E-state index contributed by atoms with van der Waals surface area (Å²) in [7, 11) is 0. The zero-order valence-corrected chi connectivity index (χ0v) is 14.2. The number of esters is 1. The molecule has 2 fully saturated rings. The number of nitrogens with one attached hydrogen (secondary N) is 1. The fraction of sp³-hybridized carbons (Fsp3) is 0.941. The summed E-state index contributed by atoms with van der Waals surface area (Å²) < 4.78 is 5.52. The number of hydrogen-bond donors (Lipinski definition) is 1. The van der Waals surface area contributed by atoms with Crippen LogP contribution >= 0.6 is 0 Å². The van der Waals surface area contributed by atoms with Crippen molar-refractivity contribution in [3.05, 3.63) is 0 Å².